The van der Waals surface area contributed by atoms with Crippen molar-refractivity contribution in [3.8, 4) is 5.75 Å². The number of amides is 1. The molecule has 1 saturated heterocycles. The van der Waals surface area contributed by atoms with Crippen molar-refractivity contribution in [3.63, 3.8) is 0 Å². The van der Waals surface area contributed by atoms with Crippen LogP contribution in [-0.2, 0) is 25.6 Å². The Hall–Kier alpha value is -3.59. The van der Waals surface area contributed by atoms with Gasteiger partial charge in [0.1, 0.15) is 5.75 Å². The molecule has 0 saturated carbocycles. The summed E-state index contributed by atoms with van der Waals surface area (Å²) in [6.07, 6.45) is 1.15. The Morgan fingerprint density at radius 3 is 2.34 bits per heavy atom. The van der Waals surface area contributed by atoms with Gasteiger partial charge < -0.3 is 14.2 Å². The van der Waals surface area contributed by atoms with Gasteiger partial charge in [-0.3, -0.25) is 9.69 Å². The van der Waals surface area contributed by atoms with Crippen LogP contribution in [0.25, 0.3) is 0 Å². The van der Waals surface area contributed by atoms with Crippen molar-refractivity contribution in [2.45, 2.75) is 13.5 Å². The van der Waals surface area contributed by atoms with Crippen LogP contribution in [0.4, 0.5) is 5.69 Å². The maximum Gasteiger partial charge on any atom is 0.338 e. The monoisotopic (exact) mass is 454 g/mol. The fourth-order valence-corrected chi connectivity index (χ4v) is 3.77. The summed E-state index contributed by atoms with van der Waals surface area (Å²) in [6, 6.07) is 13.9. The average Bonchev–Trinajstić information content (AvgIpc) is 3.08. The molecule has 166 valence electrons. The summed E-state index contributed by atoms with van der Waals surface area (Å²) in [5.41, 5.74) is 1.82. The molecule has 0 atom stereocenters. The topological polar surface area (TPSA) is 94.5 Å². The largest absolute Gasteiger partial charge is 0.497 e. The van der Waals surface area contributed by atoms with Gasteiger partial charge in [-0.25, -0.2) is 14.6 Å². The first kappa shape index (κ1) is 23.1. The van der Waals surface area contributed by atoms with E-state index in [0.29, 0.717) is 22.2 Å². The van der Waals surface area contributed by atoms with Crippen molar-refractivity contribution >= 4 is 40.5 Å². The third-order valence-electron chi connectivity index (χ3n) is 4.44. The zero-order chi connectivity index (χ0) is 23.1. The Morgan fingerprint density at radius 1 is 1.06 bits per heavy atom. The quantitative estimate of drug-likeness (QED) is 0.465. The lowest BCUT2D eigenvalue weighted by molar-refractivity contribution is -0.135. The van der Waals surface area contributed by atoms with Crippen LogP contribution in [-0.4, -0.2) is 48.7 Å². The Bertz CT molecular complexity index is 1060. The highest BCUT2D eigenvalue weighted by Gasteiger charge is 2.34. The van der Waals surface area contributed by atoms with Gasteiger partial charge in [0.15, 0.2) is 5.17 Å². The van der Waals surface area contributed by atoms with Crippen molar-refractivity contribution in [3.05, 3.63) is 70.6 Å². The van der Waals surface area contributed by atoms with Gasteiger partial charge in [-0.2, -0.15) is 0 Å². The molecule has 0 bridgehead atoms. The van der Waals surface area contributed by atoms with Gasteiger partial charge in [0.05, 0.1) is 43.5 Å². The highest BCUT2D eigenvalue weighted by Crippen LogP contribution is 2.34. The highest BCUT2D eigenvalue weighted by atomic mass is 32.2. The van der Waals surface area contributed by atoms with Crippen molar-refractivity contribution in [1.82, 2.24) is 4.90 Å². The number of carbonyl (C=O) groups excluding carboxylic acids is 3. The molecule has 0 N–H and O–H groups in total. The molecular weight excluding hydrogens is 432 g/mol. The van der Waals surface area contributed by atoms with Crippen LogP contribution in [0.2, 0.25) is 0 Å². The van der Waals surface area contributed by atoms with Crippen molar-refractivity contribution in [2.75, 3.05) is 20.8 Å². The fourth-order valence-electron chi connectivity index (χ4n) is 2.81. The zero-order valence-electron chi connectivity index (χ0n) is 17.9. The molecule has 0 unspecified atom stereocenters. The van der Waals surface area contributed by atoms with Crippen molar-refractivity contribution in [2.24, 2.45) is 4.99 Å². The molecule has 1 amide bonds. The molecule has 2 aromatic carbocycles. The molecule has 0 aliphatic carbocycles. The number of benzene rings is 2. The number of nitrogens with zero attached hydrogens (tertiary/aromatic N) is 2. The second-order valence-electron chi connectivity index (χ2n) is 6.53. The Labute approximate surface area is 189 Å². The number of carbonyl (C=O) groups is 3. The van der Waals surface area contributed by atoms with Crippen LogP contribution in [0, 0.1) is 0 Å². The third-order valence-corrected chi connectivity index (χ3v) is 5.45. The van der Waals surface area contributed by atoms with E-state index in [1.807, 2.05) is 12.1 Å². The minimum absolute atomic E-state index is 0.215. The molecule has 0 radical (unpaired) electrons. The lowest BCUT2D eigenvalue weighted by Crippen LogP contribution is -2.28. The van der Waals surface area contributed by atoms with Crippen LogP contribution < -0.4 is 4.74 Å². The predicted molar refractivity (Wildman–Crippen MR) is 121 cm³/mol. The third kappa shape index (κ3) is 5.55. The molecular formula is C23H22N2O6S. The summed E-state index contributed by atoms with van der Waals surface area (Å²) >= 11 is 1.08. The summed E-state index contributed by atoms with van der Waals surface area (Å²) in [6.45, 7) is 2.29. The molecule has 0 aromatic heterocycles. The molecule has 1 fully saturated rings. The Kier molecular flexibility index (Phi) is 7.67. The first-order chi connectivity index (χ1) is 15.4. The first-order valence-corrected chi connectivity index (χ1v) is 10.5. The number of methoxy groups -OCH3 is 2. The predicted octanol–water partition coefficient (Wildman–Crippen LogP) is 3.69. The van der Waals surface area contributed by atoms with Crippen LogP contribution in [0.15, 0.2) is 64.5 Å². The molecule has 0 spiro atoms. The van der Waals surface area contributed by atoms with Gasteiger partial charge in [0.25, 0.3) is 5.91 Å². The van der Waals surface area contributed by atoms with Gasteiger partial charge in [0.2, 0.25) is 0 Å². The first-order valence-electron chi connectivity index (χ1n) is 9.73. The highest BCUT2D eigenvalue weighted by molar-refractivity contribution is 8.18. The number of rotatable bonds is 7. The number of esters is 2. The summed E-state index contributed by atoms with van der Waals surface area (Å²) in [5.74, 6) is -0.678. The van der Waals surface area contributed by atoms with Gasteiger partial charge in [-0.15, -0.1) is 0 Å². The summed E-state index contributed by atoms with van der Waals surface area (Å²) in [5, 5.41) is 0.407. The van der Waals surface area contributed by atoms with Crippen molar-refractivity contribution < 1.29 is 28.6 Å². The van der Waals surface area contributed by atoms with Gasteiger partial charge in [0, 0.05) is 6.08 Å². The minimum atomic E-state index is -0.620. The average molecular weight is 455 g/mol. The lowest BCUT2D eigenvalue weighted by Gasteiger charge is -2.16. The van der Waals surface area contributed by atoms with Crippen LogP contribution in [0.5, 0.6) is 5.75 Å². The SMILES string of the molecule is CCOC(=O)c1ccc(N=C2S/C(=C/C(=O)OC)C(=O)N2Cc2ccc(OC)cc2)cc1. The standard InChI is InChI=1S/C23H22N2O6S/c1-4-31-22(28)16-7-9-17(10-8-16)24-23-25(14-15-5-11-18(29-2)12-6-15)21(27)19(32-23)13-20(26)30-3/h5-13H,4,14H2,1-3H3/b19-13+,24-23?. The number of hydrogen-bond acceptors (Lipinski definition) is 8. The van der Waals surface area contributed by atoms with E-state index in [9.17, 15) is 14.4 Å². The van der Waals surface area contributed by atoms with Crippen LogP contribution >= 0.6 is 11.8 Å². The van der Waals surface area contributed by atoms with E-state index in [-0.39, 0.29) is 24.0 Å². The number of hydrogen-bond donors (Lipinski definition) is 0. The van der Waals surface area contributed by atoms with Crippen molar-refractivity contribution in [1.29, 1.82) is 0 Å². The molecule has 3 rings (SSSR count). The normalized spacial score (nSPS) is 15.8. The smallest absolute Gasteiger partial charge is 0.338 e. The zero-order valence-corrected chi connectivity index (χ0v) is 18.7. The summed E-state index contributed by atoms with van der Waals surface area (Å²) < 4.78 is 14.8. The minimum Gasteiger partial charge on any atom is -0.497 e. The van der Waals surface area contributed by atoms with Crippen LogP contribution in [0.3, 0.4) is 0 Å². The van der Waals surface area contributed by atoms with E-state index in [0.717, 1.165) is 23.4 Å². The van der Waals surface area contributed by atoms with E-state index in [4.69, 9.17) is 9.47 Å². The number of aliphatic imine (C=N–C) groups is 1. The molecule has 1 aliphatic heterocycles. The van der Waals surface area contributed by atoms with E-state index < -0.39 is 11.9 Å². The van der Waals surface area contributed by atoms with Gasteiger partial charge in [-0.05, 0) is 60.6 Å². The second-order valence-corrected chi connectivity index (χ2v) is 7.54. The van der Waals surface area contributed by atoms with Gasteiger partial charge in [-0.1, -0.05) is 12.1 Å². The maximum absolute atomic E-state index is 13.0. The number of amidine groups is 1. The molecule has 1 aliphatic rings. The fraction of sp³-hybridized carbons (Fsp3) is 0.217. The van der Waals surface area contributed by atoms with Crippen LogP contribution in [0.1, 0.15) is 22.8 Å². The molecule has 9 heteroatoms. The molecule has 8 nitrogen and oxygen atoms in total. The summed E-state index contributed by atoms with van der Waals surface area (Å²) in [7, 11) is 2.83. The Balaban J connectivity index is 1.90. The van der Waals surface area contributed by atoms with E-state index in [1.165, 1.54) is 12.0 Å². The Morgan fingerprint density at radius 2 is 1.75 bits per heavy atom. The van der Waals surface area contributed by atoms with E-state index in [2.05, 4.69) is 9.73 Å². The molecule has 2 aromatic rings. The second kappa shape index (κ2) is 10.6. The number of ether oxygens (including phenoxy) is 3. The lowest BCUT2D eigenvalue weighted by atomic mass is 10.2. The maximum atomic E-state index is 13.0. The molecule has 32 heavy (non-hydrogen) atoms. The van der Waals surface area contributed by atoms with E-state index in [1.54, 1.807) is 50.4 Å². The molecule has 1 heterocycles. The van der Waals surface area contributed by atoms with Gasteiger partial charge >= 0.3 is 11.9 Å². The summed E-state index contributed by atoms with van der Waals surface area (Å²) in [4.78, 5) is 42.8. The number of thioether (sulfide) groups is 1. The van der Waals surface area contributed by atoms with E-state index >= 15 is 0 Å².